The lowest BCUT2D eigenvalue weighted by atomic mass is 9.84. The van der Waals surface area contributed by atoms with E-state index in [0.29, 0.717) is 24.4 Å². The molecule has 0 bridgehead atoms. The number of rotatable bonds is 6. The molecule has 0 radical (unpaired) electrons. The zero-order chi connectivity index (χ0) is 19.3. The van der Waals surface area contributed by atoms with E-state index < -0.39 is 11.7 Å². The quantitative estimate of drug-likeness (QED) is 0.791. The lowest BCUT2D eigenvalue weighted by Gasteiger charge is -2.32. The molecule has 2 rings (SSSR count). The van der Waals surface area contributed by atoms with Gasteiger partial charge in [0.1, 0.15) is 0 Å². The highest BCUT2D eigenvalue weighted by Gasteiger charge is 2.32. The molecule has 26 heavy (non-hydrogen) atoms. The number of piperidine rings is 1. The fraction of sp³-hybridized carbons (Fsp3) is 0.650. The van der Waals surface area contributed by atoms with E-state index in [2.05, 4.69) is 12.2 Å². The second kappa shape index (κ2) is 8.89. The van der Waals surface area contributed by atoms with Crippen LogP contribution in [0, 0.1) is 11.8 Å². The second-order valence-electron chi connectivity index (χ2n) is 7.25. The minimum atomic E-state index is -4.37. The normalized spacial score (nSPS) is 18.4. The molecule has 0 aliphatic carbocycles. The lowest BCUT2D eigenvalue weighted by molar-refractivity contribution is -0.137. The number of benzene rings is 1. The zero-order valence-electron chi connectivity index (χ0n) is 15.8. The average Bonchev–Trinajstić information content (AvgIpc) is 2.62. The van der Waals surface area contributed by atoms with Gasteiger partial charge in [0.25, 0.3) is 0 Å². The van der Waals surface area contributed by atoms with Crippen molar-refractivity contribution >= 4 is 5.91 Å². The predicted molar refractivity (Wildman–Crippen MR) is 96.6 cm³/mol. The van der Waals surface area contributed by atoms with Crippen molar-refractivity contribution < 1.29 is 18.0 Å². The van der Waals surface area contributed by atoms with Gasteiger partial charge in [-0.3, -0.25) is 4.79 Å². The first-order chi connectivity index (χ1) is 12.2. The van der Waals surface area contributed by atoms with E-state index in [1.165, 1.54) is 6.07 Å². The number of nitrogens with one attached hydrogen (secondary N) is 1. The van der Waals surface area contributed by atoms with Crippen LogP contribution in [0.25, 0.3) is 0 Å². The molecule has 0 aromatic heterocycles. The van der Waals surface area contributed by atoms with Crippen molar-refractivity contribution in [3.8, 4) is 0 Å². The molecule has 2 unspecified atom stereocenters. The SMILES string of the molecule is CCN(C(=O)CC(C)C1CCNCC1)C(C)c1cccc(C(F)(F)F)c1. The van der Waals surface area contributed by atoms with Gasteiger partial charge in [0.15, 0.2) is 0 Å². The van der Waals surface area contributed by atoms with Gasteiger partial charge in [-0.1, -0.05) is 19.1 Å². The molecule has 1 aromatic rings. The van der Waals surface area contributed by atoms with Crippen LogP contribution in [0.15, 0.2) is 24.3 Å². The summed E-state index contributed by atoms with van der Waals surface area (Å²) in [6.45, 7) is 8.23. The summed E-state index contributed by atoms with van der Waals surface area (Å²) in [4.78, 5) is 14.5. The molecule has 1 aliphatic rings. The van der Waals surface area contributed by atoms with Gasteiger partial charge in [-0.25, -0.2) is 0 Å². The molecule has 6 heteroatoms. The third-order valence-corrected chi connectivity index (χ3v) is 5.51. The molecular formula is C20H29F3N2O. The topological polar surface area (TPSA) is 32.3 Å². The third-order valence-electron chi connectivity index (χ3n) is 5.51. The van der Waals surface area contributed by atoms with Crippen molar-refractivity contribution in [2.75, 3.05) is 19.6 Å². The number of carbonyl (C=O) groups excluding carboxylic acids is 1. The summed E-state index contributed by atoms with van der Waals surface area (Å²) in [6.07, 6.45) is -1.78. The fourth-order valence-electron chi connectivity index (χ4n) is 3.79. The molecule has 3 nitrogen and oxygen atoms in total. The number of nitrogens with zero attached hydrogens (tertiary/aromatic N) is 1. The monoisotopic (exact) mass is 370 g/mol. The molecule has 0 spiro atoms. The van der Waals surface area contributed by atoms with Gasteiger partial charge >= 0.3 is 6.18 Å². The number of carbonyl (C=O) groups is 1. The van der Waals surface area contributed by atoms with Gasteiger partial charge in [0.2, 0.25) is 5.91 Å². The zero-order valence-corrected chi connectivity index (χ0v) is 15.8. The van der Waals surface area contributed by atoms with Crippen LogP contribution in [0.5, 0.6) is 0 Å². The molecular weight excluding hydrogens is 341 g/mol. The maximum atomic E-state index is 13.0. The fourth-order valence-corrected chi connectivity index (χ4v) is 3.79. The maximum Gasteiger partial charge on any atom is 0.416 e. The minimum Gasteiger partial charge on any atom is -0.336 e. The summed E-state index contributed by atoms with van der Waals surface area (Å²) in [6, 6.07) is 4.90. The first kappa shape index (κ1) is 20.7. The highest BCUT2D eigenvalue weighted by Crippen LogP contribution is 2.32. The van der Waals surface area contributed by atoms with Gasteiger partial charge in [-0.15, -0.1) is 0 Å². The van der Waals surface area contributed by atoms with Crippen molar-refractivity contribution in [2.24, 2.45) is 11.8 Å². The molecule has 1 amide bonds. The van der Waals surface area contributed by atoms with Gasteiger partial charge in [0, 0.05) is 13.0 Å². The third kappa shape index (κ3) is 5.22. The molecule has 1 fully saturated rings. The Morgan fingerprint density at radius 1 is 1.27 bits per heavy atom. The smallest absolute Gasteiger partial charge is 0.336 e. The van der Waals surface area contributed by atoms with Crippen LogP contribution < -0.4 is 5.32 Å². The molecule has 1 N–H and O–H groups in total. The first-order valence-corrected chi connectivity index (χ1v) is 9.41. The molecule has 146 valence electrons. The predicted octanol–water partition coefficient (Wildman–Crippen LogP) is 4.64. The number of halogens is 3. The first-order valence-electron chi connectivity index (χ1n) is 9.41. The summed E-state index contributed by atoms with van der Waals surface area (Å²) in [7, 11) is 0. The van der Waals surface area contributed by atoms with Crippen molar-refractivity contribution in [3.05, 3.63) is 35.4 Å². The van der Waals surface area contributed by atoms with Crippen molar-refractivity contribution in [2.45, 2.75) is 52.3 Å². The molecule has 1 heterocycles. The van der Waals surface area contributed by atoms with Crippen LogP contribution in [0.4, 0.5) is 13.2 Å². The lowest BCUT2D eigenvalue weighted by Crippen LogP contribution is -2.37. The van der Waals surface area contributed by atoms with E-state index in [9.17, 15) is 18.0 Å². The largest absolute Gasteiger partial charge is 0.416 e. The van der Waals surface area contributed by atoms with E-state index in [1.807, 2.05) is 6.92 Å². The van der Waals surface area contributed by atoms with Crippen molar-refractivity contribution in [1.29, 1.82) is 0 Å². The Bertz CT molecular complexity index is 597. The standard InChI is InChI=1S/C20H29F3N2O/c1-4-25(19(26)12-14(2)16-8-10-24-11-9-16)15(3)17-6-5-7-18(13-17)20(21,22)23/h5-7,13-16,24H,4,8-12H2,1-3H3. The summed E-state index contributed by atoms with van der Waals surface area (Å²) in [5.74, 6) is 0.832. The van der Waals surface area contributed by atoms with Gasteiger partial charge in [-0.2, -0.15) is 13.2 Å². The van der Waals surface area contributed by atoms with E-state index >= 15 is 0 Å². The van der Waals surface area contributed by atoms with Crippen LogP contribution >= 0.6 is 0 Å². The minimum absolute atomic E-state index is 0.0171. The summed E-state index contributed by atoms with van der Waals surface area (Å²) in [5.41, 5.74) is -0.155. The Morgan fingerprint density at radius 2 is 1.92 bits per heavy atom. The summed E-state index contributed by atoms with van der Waals surface area (Å²) < 4.78 is 38.9. The van der Waals surface area contributed by atoms with Crippen LogP contribution in [0.3, 0.4) is 0 Å². The number of hydrogen-bond donors (Lipinski definition) is 1. The van der Waals surface area contributed by atoms with E-state index in [4.69, 9.17) is 0 Å². The molecule has 1 saturated heterocycles. The Hall–Kier alpha value is -1.56. The highest BCUT2D eigenvalue weighted by atomic mass is 19.4. The Kier molecular flexibility index (Phi) is 7.09. The van der Waals surface area contributed by atoms with E-state index in [0.717, 1.165) is 38.1 Å². The Balaban J connectivity index is 2.07. The number of amides is 1. The average molecular weight is 370 g/mol. The van der Waals surface area contributed by atoms with Crippen LogP contribution in [0.1, 0.15) is 57.2 Å². The van der Waals surface area contributed by atoms with E-state index in [-0.39, 0.29) is 17.9 Å². The van der Waals surface area contributed by atoms with Gasteiger partial charge in [0.05, 0.1) is 11.6 Å². The Labute approximate surface area is 154 Å². The molecule has 2 atom stereocenters. The van der Waals surface area contributed by atoms with Crippen LogP contribution in [-0.2, 0) is 11.0 Å². The van der Waals surface area contributed by atoms with Crippen LogP contribution in [0.2, 0.25) is 0 Å². The van der Waals surface area contributed by atoms with Gasteiger partial charge in [-0.05, 0) is 69.3 Å². The highest BCUT2D eigenvalue weighted by molar-refractivity contribution is 5.77. The van der Waals surface area contributed by atoms with Crippen LogP contribution in [-0.4, -0.2) is 30.4 Å². The van der Waals surface area contributed by atoms with Crippen molar-refractivity contribution in [1.82, 2.24) is 10.2 Å². The summed E-state index contributed by atoms with van der Waals surface area (Å²) >= 11 is 0. The number of hydrogen-bond acceptors (Lipinski definition) is 2. The van der Waals surface area contributed by atoms with Crippen molar-refractivity contribution in [3.63, 3.8) is 0 Å². The van der Waals surface area contributed by atoms with Gasteiger partial charge < -0.3 is 10.2 Å². The molecule has 1 aliphatic heterocycles. The number of alkyl halides is 3. The Morgan fingerprint density at radius 3 is 2.50 bits per heavy atom. The maximum absolute atomic E-state index is 13.0. The molecule has 0 saturated carbocycles. The molecule has 1 aromatic carbocycles. The summed E-state index contributed by atoms with van der Waals surface area (Å²) in [5, 5.41) is 3.33. The van der Waals surface area contributed by atoms with E-state index in [1.54, 1.807) is 17.9 Å². The second-order valence-corrected chi connectivity index (χ2v) is 7.25.